The molecule has 1 N–H and O–H groups in total. The zero-order chi connectivity index (χ0) is 23.5. The van der Waals surface area contributed by atoms with E-state index in [1.165, 1.54) is 16.2 Å². The fourth-order valence-corrected chi connectivity index (χ4v) is 4.51. The summed E-state index contributed by atoms with van der Waals surface area (Å²) in [5.74, 6) is -2.06. The second-order valence-electron chi connectivity index (χ2n) is 7.74. The fraction of sp³-hybridized carbons (Fsp3) is 0.192. The van der Waals surface area contributed by atoms with Crippen LogP contribution in [-0.4, -0.2) is 29.4 Å². The second-order valence-corrected chi connectivity index (χ2v) is 8.69. The van der Waals surface area contributed by atoms with Crippen molar-refractivity contribution < 1.29 is 24.2 Å². The Balaban J connectivity index is 1.76. The van der Waals surface area contributed by atoms with Gasteiger partial charge in [-0.15, -0.1) is 11.3 Å². The number of Topliss-reactive ketones (excluding diaryl/α,β-unsaturated/α-hetero) is 1. The number of amides is 1. The van der Waals surface area contributed by atoms with Crippen molar-refractivity contribution in [2.75, 3.05) is 11.5 Å². The number of hydrogen-bond donors (Lipinski definition) is 1. The molecule has 0 fully saturated rings. The van der Waals surface area contributed by atoms with Crippen LogP contribution in [-0.2, 0) is 9.53 Å². The molecule has 0 bridgehead atoms. The molecule has 1 aliphatic rings. The molecule has 1 unspecified atom stereocenters. The van der Waals surface area contributed by atoms with Gasteiger partial charge in [0.2, 0.25) is 5.78 Å². The molecule has 2 heterocycles. The molecule has 3 aromatic rings. The van der Waals surface area contributed by atoms with Crippen LogP contribution >= 0.6 is 11.3 Å². The van der Waals surface area contributed by atoms with Crippen LogP contribution in [0.1, 0.15) is 50.5 Å². The summed E-state index contributed by atoms with van der Waals surface area (Å²) in [6, 6.07) is 16.5. The number of aryl methyl sites for hydroxylation is 1. The molecule has 1 amide bonds. The molecular formula is C26H23NO5S. The van der Waals surface area contributed by atoms with Gasteiger partial charge >= 0.3 is 5.97 Å². The van der Waals surface area contributed by atoms with Gasteiger partial charge in [0, 0.05) is 5.69 Å². The van der Waals surface area contributed by atoms with Gasteiger partial charge in [-0.05, 0) is 54.6 Å². The number of ether oxygens (including phenoxy) is 1. The molecule has 7 heteroatoms. The molecule has 0 saturated heterocycles. The molecule has 6 nitrogen and oxygen atoms in total. The van der Waals surface area contributed by atoms with E-state index in [1.807, 2.05) is 38.1 Å². The molecule has 4 rings (SSSR count). The number of aliphatic hydroxyl groups excluding tert-OH is 1. The highest BCUT2D eigenvalue weighted by Crippen LogP contribution is 2.42. The number of ketones is 1. The average molecular weight is 462 g/mol. The topological polar surface area (TPSA) is 83.9 Å². The van der Waals surface area contributed by atoms with Crippen molar-refractivity contribution in [1.29, 1.82) is 0 Å². The Morgan fingerprint density at radius 3 is 2.48 bits per heavy atom. The lowest BCUT2D eigenvalue weighted by Crippen LogP contribution is -2.31. The van der Waals surface area contributed by atoms with E-state index in [4.69, 9.17) is 4.74 Å². The molecule has 0 spiro atoms. The molecule has 168 valence electrons. The molecule has 1 atom stereocenters. The minimum Gasteiger partial charge on any atom is -0.503 e. The Labute approximate surface area is 195 Å². The van der Waals surface area contributed by atoms with Gasteiger partial charge < -0.3 is 9.84 Å². The van der Waals surface area contributed by atoms with Gasteiger partial charge in [0.25, 0.3) is 5.91 Å². The molecule has 1 aromatic heterocycles. The highest BCUT2D eigenvalue weighted by Gasteiger charge is 2.44. The summed E-state index contributed by atoms with van der Waals surface area (Å²) < 4.78 is 5.16. The van der Waals surface area contributed by atoms with E-state index >= 15 is 0 Å². The predicted octanol–water partition coefficient (Wildman–Crippen LogP) is 5.41. The SMILES string of the molecule is CCCOC(=O)c1ccc(N2C(=O)C(O)=C(C(=O)c3cccs3)C2c2cccc(C)c2)cc1. The van der Waals surface area contributed by atoms with E-state index in [1.54, 1.807) is 41.8 Å². The van der Waals surface area contributed by atoms with Crippen molar-refractivity contribution in [3.63, 3.8) is 0 Å². The summed E-state index contributed by atoms with van der Waals surface area (Å²) >= 11 is 1.25. The number of thiophene rings is 1. The third-order valence-corrected chi connectivity index (χ3v) is 6.24. The molecule has 0 saturated carbocycles. The van der Waals surface area contributed by atoms with Gasteiger partial charge in [-0.25, -0.2) is 4.79 Å². The van der Waals surface area contributed by atoms with Gasteiger partial charge in [0.1, 0.15) is 0 Å². The van der Waals surface area contributed by atoms with E-state index in [9.17, 15) is 19.5 Å². The summed E-state index contributed by atoms with van der Waals surface area (Å²) in [7, 11) is 0. The number of esters is 1. The molecular weight excluding hydrogens is 438 g/mol. The largest absolute Gasteiger partial charge is 0.503 e. The third-order valence-electron chi connectivity index (χ3n) is 5.37. The zero-order valence-electron chi connectivity index (χ0n) is 18.3. The first-order chi connectivity index (χ1) is 15.9. The van der Waals surface area contributed by atoms with Gasteiger partial charge in [-0.3, -0.25) is 14.5 Å². The van der Waals surface area contributed by atoms with Crippen LogP contribution in [0.25, 0.3) is 0 Å². The molecule has 1 aliphatic heterocycles. The summed E-state index contributed by atoms with van der Waals surface area (Å²) in [6.45, 7) is 4.16. The van der Waals surface area contributed by atoms with E-state index in [-0.39, 0.29) is 11.4 Å². The van der Waals surface area contributed by atoms with Gasteiger partial charge in [-0.2, -0.15) is 0 Å². The lowest BCUT2D eigenvalue weighted by atomic mass is 9.94. The highest BCUT2D eigenvalue weighted by molar-refractivity contribution is 7.12. The van der Waals surface area contributed by atoms with Gasteiger partial charge in [0.05, 0.1) is 28.7 Å². The lowest BCUT2D eigenvalue weighted by Gasteiger charge is -2.27. The maximum absolute atomic E-state index is 13.3. The first kappa shape index (κ1) is 22.5. The number of benzene rings is 2. The van der Waals surface area contributed by atoms with Crippen LogP contribution in [0.5, 0.6) is 0 Å². The molecule has 0 radical (unpaired) electrons. The monoisotopic (exact) mass is 461 g/mol. The zero-order valence-corrected chi connectivity index (χ0v) is 19.1. The summed E-state index contributed by atoms with van der Waals surface area (Å²) in [6.07, 6.45) is 0.719. The number of aliphatic hydroxyl groups is 1. The number of hydrogen-bond acceptors (Lipinski definition) is 6. The van der Waals surface area contributed by atoms with Crippen molar-refractivity contribution in [3.8, 4) is 0 Å². The summed E-state index contributed by atoms with van der Waals surface area (Å²) in [5.41, 5.74) is 2.53. The van der Waals surface area contributed by atoms with Crippen LogP contribution in [0.2, 0.25) is 0 Å². The van der Waals surface area contributed by atoms with Crippen molar-refractivity contribution in [2.45, 2.75) is 26.3 Å². The first-order valence-corrected chi connectivity index (χ1v) is 11.5. The normalized spacial score (nSPS) is 15.8. The van der Waals surface area contributed by atoms with Crippen LogP contribution in [0.3, 0.4) is 0 Å². The Kier molecular flexibility index (Phi) is 6.42. The van der Waals surface area contributed by atoms with Crippen molar-refractivity contribution in [1.82, 2.24) is 0 Å². The second kappa shape index (κ2) is 9.42. The van der Waals surface area contributed by atoms with Crippen LogP contribution in [0, 0.1) is 6.92 Å². The predicted molar refractivity (Wildman–Crippen MR) is 127 cm³/mol. The van der Waals surface area contributed by atoms with E-state index in [0.29, 0.717) is 28.3 Å². The fourth-order valence-electron chi connectivity index (χ4n) is 3.84. The smallest absolute Gasteiger partial charge is 0.338 e. The Bertz CT molecular complexity index is 1230. The van der Waals surface area contributed by atoms with Crippen LogP contribution in [0.15, 0.2) is 77.4 Å². The Morgan fingerprint density at radius 2 is 1.85 bits per heavy atom. The van der Waals surface area contributed by atoms with E-state index in [0.717, 1.165) is 12.0 Å². The third kappa shape index (κ3) is 4.32. The number of carbonyl (C=O) groups is 3. The van der Waals surface area contributed by atoms with Gasteiger partial charge in [0.15, 0.2) is 5.76 Å². The molecule has 2 aromatic carbocycles. The van der Waals surface area contributed by atoms with E-state index < -0.39 is 23.7 Å². The first-order valence-electron chi connectivity index (χ1n) is 10.6. The maximum Gasteiger partial charge on any atom is 0.338 e. The number of anilines is 1. The number of carbonyl (C=O) groups excluding carboxylic acids is 3. The van der Waals surface area contributed by atoms with Crippen molar-refractivity contribution >= 4 is 34.7 Å². The quantitative estimate of drug-likeness (QED) is 0.376. The van der Waals surface area contributed by atoms with Gasteiger partial charge in [-0.1, -0.05) is 42.8 Å². The lowest BCUT2D eigenvalue weighted by molar-refractivity contribution is -0.117. The number of rotatable bonds is 7. The summed E-state index contributed by atoms with van der Waals surface area (Å²) in [5, 5.41) is 12.6. The maximum atomic E-state index is 13.3. The number of nitrogens with zero attached hydrogens (tertiary/aromatic N) is 1. The minimum absolute atomic E-state index is 0.0412. The highest BCUT2D eigenvalue weighted by atomic mass is 32.1. The summed E-state index contributed by atoms with van der Waals surface area (Å²) in [4.78, 5) is 40.5. The van der Waals surface area contributed by atoms with E-state index in [2.05, 4.69) is 0 Å². The molecule has 33 heavy (non-hydrogen) atoms. The van der Waals surface area contributed by atoms with Crippen molar-refractivity contribution in [3.05, 3.63) is 98.9 Å². The standard InChI is InChI=1S/C26H23NO5S/c1-3-13-32-26(31)17-9-11-19(12-10-17)27-22(18-7-4-6-16(2)15-18)21(24(29)25(27)30)23(28)20-8-5-14-33-20/h4-12,14-15,22,29H,3,13H2,1-2H3. The van der Waals surface area contributed by atoms with Crippen LogP contribution < -0.4 is 4.90 Å². The minimum atomic E-state index is -0.801. The van der Waals surface area contributed by atoms with Crippen molar-refractivity contribution in [2.24, 2.45) is 0 Å². The molecule has 0 aliphatic carbocycles. The Morgan fingerprint density at radius 1 is 1.09 bits per heavy atom. The van der Waals surface area contributed by atoms with Crippen LogP contribution in [0.4, 0.5) is 5.69 Å². The Hall–Kier alpha value is -3.71. The average Bonchev–Trinajstić information content (AvgIpc) is 3.45.